The molecule has 23 heavy (non-hydrogen) atoms. The van der Waals surface area contributed by atoms with E-state index >= 15 is 0 Å². The third-order valence-corrected chi connectivity index (χ3v) is 3.57. The van der Waals surface area contributed by atoms with Crippen LogP contribution in [-0.4, -0.2) is 58.5 Å². The van der Waals surface area contributed by atoms with Crippen molar-refractivity contribution in [3.63, 3.8) is 0 Å². The van der Waals surface area contributed by atoms with Gasteiger partial charge in [-0.2, -0.15) is 0 Å². The van der Waals surface area contributed by atoms with Crippen molar-refractivity contribution in [2.45, 2.75) is 40.5 Å². The van der Waals surface area contributed by atoms with Gasteiger partial charge in [-0.1, -0.05) is 13.8 Å². The molecule has 7 nitrogen and oxygen atoms in total. The highest BCUT2D eigenvalue weighted by atomic mass is 16.5. The number of nitrogens with zero attached hydrogens (tertiary/aromatic N) is 1. The Morgan fingerprint density at radius 3 is 1.70 bits per heavy atom. The predicted molar refractivity (Wildman–Crippen MR) is 86.3 cm³/mol. The van der Waals surface area contributed by atoms with E-state index in [1.807, 2.05) is 6.92 Å². The summed E-state index contributed by atoms with van der Waals surface area (Å²) in [6.45, 7) is 9.70. The van der Waals surface area contributed by atoms with Crippen molar-refractivity contribution >= 4 is 11.9 Å². The number of ether oxygens (including phenoxy) is 1. The molecule has 0 radical (unpaired) electrons. The van der Waals surface area contributed by atoms with Gasteiger partial charge in [0.1, 0.15) is 5.76 Å². The van der Waals surface area contributed by atoms with Gasteiger partial charge in [-0.15, -0.1) is 0 Å². The first-order chi connectivity index (χ1) is 10.8. The minimum absolute atomic E-state index is 0.0255. The number of hydrogen-bond acceptors (Lipinski definition) is 5. The first kappa shape index (κ1) is 21.0. The lowest BCUT2D eigenvalue weighted by atomic mass is 10.1. The lowest BCUT2D eigenvalue weighted by Gasteiger charge is -2.31. The van der Waals surface area contributed by atoms with Crippen LogP contribution < -0.4 is 0 Å². The highest BCUT2D eigenvalue weighted by Gasteiger charge is 2.17. The van der Waals surface area contributed by atoms with Gasteiger partial charge < -0.3 is 25.0 Å². The number of hydrogen-bond donors (Lipinski definition) is 3. The van der Waals surface area contributed by atoms with Crippen LogP contribution in [0.4, 0.5) is 0 Å². The van der Waals surface area contributed by atoms with Crippen molar-refractivity contribution < 1.29 is 29.6 Å². The summed E-state index contributed by atoms with van der Waals surface area (Å²) in [6.07, 6.45) is 1.14. The molecule has 1 rings (SSSR count). The molecule has 1 aliphatic rings. The molecule has 0 aromatic rings. The van der Waals surface area contributed by atoms with Crippen LogP contribution >= 0.6 is 0 Å². The molecule has 0 saturated carbocycles. The number of rotatable bonds is 5. The minimum atomic E-state index is -1.06. The number of carbonyl (C=O) groups is 2. The Balaban J connectivity index is 0.000000468. The maximum atomic E-state index is 10.8. The van der Waals surface area contributed by atoms with Gasteiger partial charge in [-0.25, -0.2) is 9.59 Å². The van der Waals surface area contributed by atoms with E-state index in [9.17, 15) is 9.59 Å². The number of aliphatic carboxylic acids is 2. The van der Waals surface area contributed by atoms with Crippen LogP contribution in [-0.2, 0) is 14.3 Å². The fourth-order valence-corrected chi connectivity index (χ4v) is 2.07. The van der Waals surface area contributed by atoms with Gasteiger partial charge in [-0.3, -0.25) is 0 Å². The molecule has 3 N–H and O–H groups in total. The summed E-state index contributed by atoms with van der Waals surface area (Å²) in [5.74, 6) is -1.94. The molecule has 0 bridgehead atoms. The van der Waals surface area contributed by atoms with Crippen LogP contribution in [0.15, 0.2) is 22.6 Å². The van der Waals surface area contributed by atoms with E-state index in [1.54, 1.807) is 13.8 Å². The van der Waals surface area contributed by atoms with Crippen molar-refractivity contribution in [3.05, 3.63) is 22.6 Å². The zero-order chi connectivity index (χ0) is 18.0. The highest BCUT2D eigenvalue weighted by Crippen LogP contribution is 2.16. The van der Waals surface area contributed by atoms with Gasteiger partial charge in [0.15, 0.2) is 0 Å². The summed E-state index contributed by atoms with van der Waals surface area (Å²) in [6, 6.07) is 0. The summed E-state index contributed by atoms with van der Waals surface area (Å²) in [5.41, 5.74) is 1.41. The first-order valence-electron chi connectivity index (χ1n) is 7.63. The Hall–Kier alpha value is -2.02. The Bertz CT molecular complexity index is 475. The van der Waals surface area contributed by atoms with Gasteiger partial charge >= 0.3 is 11.9 Å². The van der Waals surface area contributed by atoms with Gasteiger partial charge in [0.25, 0.3) is 0 Å². The van der Waals surface area contributed by atoms with E-state index in [0.29, 0.717) is 25.2 Å². The Kier molecular flexibility index (Phi) is 9.73. The zero-order valence-electron chi connectivity index (χ0n) is 14.3. The van der Waals surface area contributed by atoms with Crippen LogP contribution in [0.2, 0.25) is 0 Å². The molecule has 1 heterocycles. The molecule has 0 spiro atoms. The van der Waals surface area contributed by atoms with E-state index in [0.717, 1.165) is 25.2 Å². The minimum Gasteiger partial charge on any atom is -0.512 e. The largest absolute Gasteiger partial charge is 0.512 e. The SMILES string of the molecule is CC/C(=C(/C)C(=O)O)N1CCOCC1.CC/C(O)=C(/C)C(=O)O. The normalized spacial score (nSPS) is 16.6. The maximum Gasteiger partial charge on any atom is 0.334 e. The van der Waals surface area contributed by atoms with E-state index in [2.05, 4.69) is 4.90 Å². The number of carboxylic acids is 2. The molecule has 7 heteroatoms. The number of aliphatic hydroxyl groups is 1. The average molecular weight is 329 g/mol. The summed E-state index contributed by atoms with van der Waals surface area (Å²) in [5, 5.41) is 26.0. The maximum absolute atomic E-state index is 10.8. The molecule has 0 atom stereocenters. The molecule has 1 aliphatic heterocycles. The molecule has 0 aromatic carbocycles. The van der Waals surface area contributed by atoms with Crippen molar-refractivity contribution in [3.8, 4) is 0 Å². The second-order valence-corrected chi connectivity index (χ2v) is 5.06. The molecule has 1 fully saturated rings. The first-order valence-corrected chi connectivity index (χ1v) is 7.63. The quantitative estimate of drug-likeness (QED) is 0.525. The molecule has 0 unspecified atom stereocenters. The number of morpholine rings is 1. The summed E-state index contributed by atoms with van der Waals surface area (Å²) in [4.78, 5) is 23.0. The Labute approximate surface area is 136 Å². The summed E-state index contributed by atoms with van der Waals surface area (Å²) in [7, 11) is 0. The third-order valence-electron chi connectivity index (χ3n) is 3.57. The smallest absolute Gasteiger partial charge is 0.334 e. The van der Waals surface area contributed by atoms with Gasteiger partial charge in [0.2, 0.25) is 0 Å². The molecule has 1 saturated heterocycles. The van der Waals surface area contributed by atoms with Crippen LogP contribution in [0.25, 0.3) is 0 Å². The highest BCUT2D eigenvalue weighted by molar-refractivity contribution is 5.86. The van der Waals surface area contributed by atoms with Crippen molar-refractivity contribution in [1.29, 1.82) is 0 Å². The Morgan fingerprint density at radius 1 is 0.913 bits per heavy atom. The van der Waals surface area contributed by atoms with Gasteiger partial charge in [-0.05, 0) is 20.3 Å². The van der Waals surface area contributed by atoms with Crippen LogP contribution in [0, 0.1) is 0 Å². The number of allylic oxidation sites excluding steroid dienone is 2. The molecular formula is C16H27NO6. The van der Waals surface area contributed by atoms with Crippen LogP contribution in [0.5, 0.6) is 0 Å². The molecule has 0 amide bonds. The summed E-state index contributed by atoms with van der Waals surface area (Å²) >= 11 is 0. The molecule has 0 aliphatic carbocycles. The Morgan fingerprint density at radius 2 is 1.39 bits per heavy atom. The van der Waals surface area contributed by atoms with E-state index in [4.69, 9.17) is 20.1 Å². The molecule has 0 aromatic heterocycles. The standard InChI is InChI=1S/C10H17NO3.C6H10O3/c1-3-9(8(2)10(12)13)11-4-6-14-7-5-11;1-3-5(7)4(2)6(8)9/h3-7H2,1-2H3,(H,12,13);7H,3H2,1-2H3,(H,8,9)/b9-8+;5-4+. The second-order valence-electron chi connectivity index (χ2n) is 5.06. The zero-order valence-corrected chi connectivity index (χ0v) is 14.3. The van der Waals surface area contributed by atoms with Gasteiger partial charge in [0.05, 0.1) is 24.4 Å². The van der Waals surface area contributed by atoms with Crippen LogP contribution in [0.1, 0.15) is 40.5 Å². The number of carboxylic acid groups (broad SMARTS) is 2. The lowest BCUT2D eigenvalue weighted by Crippen LogP contribution is -2.36. The van der Waals surface area contributed by atoms with Crippen molar-refractivity contribution in [1.82, 2.24) is 4.90 Å². The van der Waals surface area contributed by atoms with Gasteiger partial charge in [0, 0.05) is 25.2 Å². The lowest BCUT2D eigenvalue weighted by molar-refractivity contribution is -0.133. The molecular weight excluding hydrogens is 302 g/mol. The third kappa shape index (κ3) is 7.19. The second kappa shape index (κ2) is 10.7. The van der Waals surface area contributed by atoms with E-state index in [-0.39, 0.29) is 11.3 Å². The van der Waals surface area contributed by atoms with Crippen molar-refractivity contribution in [2.75, 3.05) is 26.3 Å². The van der Waals surface area contributed by atoms with Crippen LogP contribution in [0.3, 0.4) is 0 Å². The monoisotopic (exact) mass is 329 g/mol. The fraction of sp³-hybridized carbons (Fsp3) is 0.625. The topological polar surface area (TPSA) is 107 Å². The number of aliphatic hydroxyl groups excluding tert-OH is 1. The molecule has 132 valence electrons. The summed E-state index contributed by atoms with van der Waals surface area (Å²) < 4.78 is 5.22. The van der Waals surface area contributed by atoms with E-state index < -0.39 is 11.9 Å². The average Bonchev–Trinajstić information content (AvgIpc) is 2.55. The predicted octanol–water partition coefficient (Wildman–Crippen LogP) is 2.40. The van der Waals surface area contributed by atoms with E-state index in [1.165, 1.54) is 6.92 Å². The van der Waals surface area contributed by atoms with Crippen molar-refractivity contribution in [2.24, 2.45) is 0 Å². The fourth-order valence-electron chi connectivity index (χ4n) is 2.07.